The lowest BCUT2D eigenvalue weighted by Gasteiger charge is -2.34. The minimum absolute atomic E-state index is 0.0232. The molecule has 3 N–H and O–H groups in total. The molecule has 9 heteroatoms. The molecule has 0 aromatic heterocycles. The number of para-hydroxylation sites is 1. The second-order valence-electron chi connectivity index (χ2n) is 9.93. The first-order valence-electron chi connectivity index (χ1n) is 13.0. The van der Waals surface area contributed by atoms with Crippen molar-refractivity contribution in [1.29, 1.82) is 0 Å². The van der Waals surface area contributed by atoms with Crippen molar-refractivity contribution in [2.45, 2.75) is 97.2 Å². The summed E-state index contributed by atoms with van der Waals surface area (Å²) in [6.45, 7) is 10.1. The summed E-state index contributed by atoms with van der Waals surface area (Å²) in [5.41, 5.74) is -0.395. The zero-order valence-corrected chi connectivity index (χ0v) is 23.4. The molecule has 0 saturated carbocycles. The second kappa shape index (κ2) is 16.3. The van der Waals surface area contributed by atoms with Crippen LogP contribution in [0.3, 0.4) is 0 Å². The van der Waals surface area contributed by atoms with E-state index in [0.717, 1.165) is 38.5 Å². The molecule has 0 aliphatic carbocycles. The number of amides is 3. The number of unbranched alkanes of at least 4 members (excludes halogenated alkanes) is 5. The highest BCUT2D eigenvalue weighted by Crippen LogP contribution is 2.30. The highest BCUT2D eigenvalue weighted by molar-refractivity contribution is 7.80. The SMILES string of the molecule is CCCCCCCN(C(=O)C(CS)NC(=O)OC(C)(C)C)C(C(=O)NCCCC)c1ccccc1O. The lowest BCUT2D eigenvalue weighted by Crippen LogP contribution is -2.54. The first kappa shape index (κ1) is 31.6. The third kappa shape index (κ3) is 11.1. The first-order chi connectivity index (χ1) is 17.1. The number of benzene rings is 1. The molecular formula is C27H45N3O5S. The van der Waals surface area contributed by atoms with E-state index in [1.54, 1.807) is 39.0 Å². The monoisotopic (exact) mass is 523 g/mol. The molecule has 0 aliphatic heterocycles. The van der Waals surface area contributed by atoms with Crippen LogP contribution in [-0.2, 0) is 14.3 Å². The number of rotatable bonds is 15. The Kier molecular flexibility index (Phi) is 14.4. The van der Waals surface area contributed by atoms with Gasteiger partial charge in [0, 0.05) is 24.4 Å². The molecule has 0 aliphatic rings. The Balaban J connectivity index is 3.32. The van der Waals surface area contributed by atoms with E-state index >= 15 is 0 Å². The van der Waals surface area contributed by atoms with Gasteiger partial charge in [0.15, 0.2) is 0 Å². The largest absolute Gasteiger partial charge is 0.508 e. The molecule has 0 heterocycles. The molecule has 1 aromatic carbocycles. The van der Waals surface area contributed by atoms with E-state index in [9.17, 15) is 19.5 Å². The summed E-state index contributed by atoms with van der Waals surface area (Å²) >= 11 is 4.30. The predicted octanol–water partition coefficient (Wildman–Crippen LogP) is 4.97. The number of hydrogen-bond donors (Lipinski definition) is 4. The fourth-order valence-electron chi connectivity index (χ4n) is 3.74. The van der Waals surface area contributed by atoms with Crippen molar-refractivity contribution in [3.05, 3.63) is 29.8 Å². The predicted molar refractivity (Wildman–Crippen MR) is 146 cm³/mol. The molecule has 1 aromatic rings. The Bertz CT molecular complexity index is 828. The molecule has 204 valence electrons. The zero-order valence-electron chi connectivity index (χ0n) is 22.5. The summed E-state index contributed by atoms with van der Waals surface area (Å²) in [7, 11) is 0. The number of hydrogen-bond acceptors (Lipinski definition) is 6. The molecule has 0 bridgehead atoms. The average molecular weight is 524 g/mol. The number of nitrogens with one attached hydrogen (secondary N) is 2. The van der Waals surface area contributed by atoms with E-state index < -0.39 is 29.7 Å². The fourth-order valence-corrected chi connectivity index (χ4v) is 3.99. The number of aromatic hydroxyl groups is 1. The number of alkyl carbamates (subject to hydrolysis) is 1. The summed E-state index contributed by atoms with van der Waals surface area (Å²) in [4.78, 5) is 41.1. The van der Waals surface area contributed by atoms with Crippen LogP contribution in [0.4, 0.5) is 4.79 Å². The van der Waals surface area contributed by atoms with Crippen LogP contribution in [0.1, 0.15) is 91.2 Å². The van der Waals surface area contributed by atoms with Crippen molar-refractivity contribution in [3.63, 3.8) is 0 Å². The Labute approximate surface area is 222 Å². The Morgan fingerprint density at radius 3 is 2.25 bits per heavy atom. The quantitative estimate of drug-likeness (QED) is 0.192. The standard InChI is InChI=1S/C27H45N3O5S/c1-6-8-10-11-14-18-30(25(33)21(19-36)29-26(34)35-27(3,4)5)23(24(32)28-17-9-7-2)20-15-12-13-16-22(20)31/h12-13,15-16,21,23,31,36H,6-11,14,17-19H2,1-5H3,(H,28,32)(H,29,34). The average Bonchev–Trinajstić information content (AvgIpc) is 2.81. The number of nitrogens with zero attached hydrogens (tertiary/aromatic N) is 1. The van der Waals surface area contributed by atoms with Gasteiger partial charge in [-0.15, -0.1) is 0 Å². The van der Waals surface area contributed by atoms with Gasteiger partial charge in [-0.3, -0.25) is 9.59 Å². The van der Waals surface area contributed by atoms with Crippen LogP contribution >= 0.6 is 12.6 Å². The van der Waals surface area contributed by atoms with Crippen molar-refractivity contribution in [1.82, 2.24) is 15.5 Å². The summed E-state index contributed by atoms with van der Waals surface area (Å²) in [5.74, 6) is -0.873. The Morgan fingerprint density at radius 2 is 1.67 bits per heavy atom. The van der Waals surface area contributed by atoms with Gasteiger partial charge in [0.25, 0.3) is 0 Å². The van der Waals surface area contributed by atoms with Gasteiger partial charge in [-0.25, -0.2) is 4.79 Å². The molecule has 0 saturated heterocycles. The maximum atomic E-state index is 13.8. The van der Waals surface area contributed by atoms with Gasteiger partial charge in [0.1, 0.15) is 23.4 Å². The number of phenols is 1. The van der Waals surface area contributed by atoms with Gasteiger partial charge in [-0.2, -0.15) is 12.6 Å². The minimum Gasteiger partial charge on any atom is -0.508 e. The summed E-state index contributed by atoms with van der Waals surface area (Å²) in [6.07, 6.45) is 5.75. The zero-order chi connectivity index (χ0) is 27.1. The molecule has 0 spiro atoms. The van der Waals surface area contributed by atoms with Gasteiger partial charge in [-0.05, 0) is 39.7 Å². The van der Waals surface area contributed by atoms with Crippen molar-refractivity contribution in [3.8, 4) is 5.75 Å². The molecule has 36 heavy (non-hydrogen) atoms. The topological polar surface area (TPSA) is 108 Å². The summed E-state index contributed by atoms with van der Waals surface area (Å²) in [6, 6.07) is 4.48. The van der Waals surface area contributed by atoms with Crippen LogP contribution in [-0.4, -0.2) is 58.4 Å². The van der Waals surface area contributed by atoms with Gasteiger partial charge in [0.05, 0.1) is 0 Å². The number of carbonyl (C=O) groups excluding carboxylic acids is 3. The normalized spacial score (nSPS) is 12.9. The lowest BCUT2D eigenvalue weighted by atomic mass is 10.0. The van der Waals surface area contributed by atoms with Crippen LogP contribution < -0.4 is 10.6 Å². The maximum absolute atomic E-state index is 13.8. The van der Waals surface area contributed by atoms with Crippen molar-refractivity contribution in [2.24, 2.45) is 0 Å². The fraction of sp³-hybridized carbons (Fsp3) is 0.667. The van der Waals surface area contributed by atoms with Gasteiger partial charge in [-0.1, -0.05) is 64.2 Å². The van der Waals surface area contributed by atoms with Crippen LogP contribution in [0.25, 0.3) is 0 Å². The van der Waals surface area contributed by atoms with E-state index in [1.807, 2.05) is 6.92 Å². The number of thiol groups is 1. The van der Waals surface area contributed by atoms with E-state index in [4.69, 9.17) is 4.74 Å². The maximum Gasteiger partial charge on any atom is 0.408 e. The molecule has 3 amide bonds. The molecule has 1 rings (SSSR count). The highest BCUT2D eigenvalue weighted by Gasteiger charge is 2.36. The molecule has 0 fully saturated rings. The van der Waals surface area contributed by atoms with Crippen molar-refractivity contribution in [2.75, 3.05) is 18.8 Å². The molecule has 2 unspecified atom stereocenters. The van der Waals surface area contributed by atoms with Crippen molar-refractivity contribution < 1.29 is 24.2 Å². The van der Waals surface area contributed by atoms with Crippen molar-refractivity contribution >= 4 is 30.5 Å². The Hall–Kier alpha value is -2.42. The summed E-state index contributed by atoms with van der Waals surface area (Å²) < 4.78 is 5.33. The number of phenolic OH excluding ortho intramolecular Hbond substituents is 1. The molecular weight excluding hydrogens is 478 g/mol. The third-order valence-corrected chi connectivity index (χ3v) is 5.94. The molecule has 2 atom stereocenters. The van der Waals surface area contributed by atoms with Gasteiger partial charge >= 0.3 is 6.09 Å². The smallest absolute Gasteiger partial charge is 0.408 e. The third-order valence-electron chi connectivity index (χ3n) is 5.58. The van der Waals surface area contributed by atoms with E-state index in [1.165, 1.54) is 11.0 Å². The summed E-state index contributed by atoms with van der Waals surface area (Å²) in [5, 5.41) is 16.1. The van der Waals surface area contributed by atoms with Gasteiger partial charge < -0.3 is 25.4 Å². The van der Waals surface area contributed by atoms with Gasteiger partial charge in [0.2, 0.25) is 11.8 Å². The highest BCUT2D eigenvalue weighted by atomic mass is 32.1. The second-order valence-corrected chi connectivity index (χ2v) is 10.3. The first-order valence-corrected chi connectivity index (χ1v) is 13.6. The lowest BCUT2D eigenvalue weighted by molar-refractivity contribution is -0.142. The van der Waals surface area contributed by atoms with Crippen LogP contribution in [0, 0.1) is 0 Å². The minimum atomic E-state index is -1.05. The number of ether oxygens (including phenoxy) is 1. The Morgan fingerprint density at radius 1 is 1.03 bits per heavy atom. The van der Waals surface area contributed by atoms with Crippen LogP contribution in [0.5, 0.6) is 5.75 Å². The molecule has 8 nitrogen and oxygen atoms in total. The van der Waals surface area contributed by atoms with Crippen LogP contribution in [0.15, 0.2) is 24.3 Å². The van der Waals surface area contributed by atoms with E-state index in [0.29, 0.717) is 25.1 Å². The number of carbonyl (C=O) groups is 3. The van der Waals surface area contributed by atoms with E-state index in [2.05, 4.69) is 30.2 Å². The molecule has 0 radical (unpaired) electrons. The van der Waals surface area contributed by atoms with E-state index in [-0.39, 0.29) is 17.4 Å². The van der Waals surface area contributed by atoms with Crippen LogP contribution in [0.2, 0.25) is 0 Å².